The van der Waals surface area contributed by atoms with E-state index in [2.05, 4.69) is 5.32 Å². The molecule has 0 amide bonds. The summed E-state index contributed by atoms with van der Waals surface area (Å²) in [6, 6.07) is 10.1. The molecular weight excluding hydrogens is 268 g/mol. The van der Waals surface area contributed by atoms with E-state index in [1.165, 1.54) is 30.3 Å². The van der Waals surface area contributed by atoms with Crippen LogP contribution in [-0.2, 0) is 0 Å². The maximum absolute atomic E-state index is 13.4. The van der Waals surface area contributed by atoms with E-state index >= 15 is 0 Å². The fourth-order valence-electron chi connectivity index (χ4n) is 2.00. The van der Waals surface area contributed by atoms with Crippen LogP contribution < -0.4 is 5.32 Å². The van der Waals surface area contributed by atoms with Crippen molar-refractivity contribution < 1.29 is 8.78 Å². The fraction of sp³-hybridized carbons (Fsp3) is 0.200. The van der Waals surface area contributed by atoms with Crippen LogP contribution in [-0.4, -0.2) is 6.54 Å². The van der Waals surface area contributed by atoms with Crippen LogP contribution in [0.2, 0.25) is 5.02 Å². The number of halogens is 3. The molecule has 2 rings (SSSR count). The average Bonchev–Trinajstić information content (AvgIpc) is 2.40. The zero-order valence-corrected chi connectivity index (χ0v) is 11.2. The summed E-state index contributed by atoms with van der Waals surface area (Å²) in [5.41, 5.74) is 1.49. The standard InChI is InChI=1S/C15H14ClF2N/c1-2-19-15(10-3-5-11(17)6-4-10)13-9-12(18)7-8-14(13)16/h3-9,15,19H,2H2,1H3. The van der Waals surface area contributed by atoms with Gasteiger partial charge in [-0.05, 0) is 48.0 Å². The van der Waals surface area contributed by atoms with Crippen LogP contribution in [0.5, 0.6) is 0 Å². The molecule has 0 saturated heterocycles. The van der Waals surface area contributed by atoms with Gasteiger partial charge in [0.1, 0.15) is 11.6 Å². The zero-order valence-electron chi connectivity index (χ0n) is 10.5. The monoisotopic (exact) mass is 281 g/mol. The van der Waals surface area contributed by atoms with Gasteiger partial charge in [-0.25, -0.2) is 8.78 Å². The lowest BCUT2D eigenvalue weighted by Crippen LogP contribution is -2.22. The molecule has 2 aromatic rings. The summed E-state index contributed by atoms with van der Waals surface area (Å²) in [5, 5.41) is 3.71. The van der Waals surface area contributed by atoms with Gasteiger partial charge < -0.3 is 5.32 Å². The van der Waals surface area contributed by atoms with Gasteiger partial charge in [0.05, 0.1) is 6.04 Å². The molecule has 0 fully saturated rings. The summed E-state index contributed by atoms with van der Waals surface area (Å²) in [6.07, 6.45) is 0. The Hall–Kier alpha value is -1.45. The highest BCUT2D eigenvalue weighted by Gasteiger charge is 2.16. The first kappa shape index (κ1) is 14.0. The van der Waals surface area contributed by atoms with Gasteiger partial charge in [0, 0.05) is 5.02 Å². The Morgan fingerprint density at radius 3 is 2.32 bits per heavy atom. The molecule has 0 radical (unpaired) electrons. The molecule has 100 valence electrons. The van der Waals surface area contributed by atoms with Crippen LogP contribution in [0, 0.1) is 11.6 Å². The van der Waals surface area contributed by atoms with Gasteiger partial charge in [0.25, 0.3) is 0 Å². The number of rotatable bonds is 4. The van der Waals surface area contributed by atoms with Crippen molar-refractivity contribution in [1.29, 1.82) is 0 Å². The highest BCUT2D eigenvalue weighted by Crippen LogP contribution is 2.29. The molecule has 0 aliphatic rings. The summed E-state index contributed by atoms with van der Waals surface area (Å²) in [4.78, 5) is 0. The van der Waals surface area contributed by atoms with Gasteiger partial charge in [0.2, 0.25) is 0 Å². The molecule has 0 aromatic heterocycles. The Kier molecular flexibility index (Phi) is 4.51. The van der Waals surface area contributed by atoms with Crippen molar-refractivity contribution in [1.82, 2.24) is 5.32 Å². The molecule has 0 spiro atoms. The van der Waals surface area contributed by atoms with E-state index in [0.29, 0.717) is 17.1 Å². The number of nitrogens with one attached hydrogen (secondary N) is 1. The number of hydrogen-bond acceptors (Lipinski definition) is 1. The maximum Gasteiger partial charge on any atom is 0.123 e. The lowest BCUT2D eigenvalue weighted by Gasteiger charge is -2.20. The quantitative estimate of drug-likeness (QED) is 0.880. The van der Waals surface area contributed by atoms with Gasteiger partial charge in [-0.2, -0.15) is 0 Å². The van der Waals surface area contributed by atoms with Gasteiger partial charge in [0.15, 0.2) is 0 Å². The summed E-state index contributed by atoms with van der Waals surface area (Å²) in [5.74, 6) is -0.645. The van der Waals surface area contributed by atoms with Crippen molar-refractivity contribution >= 4 is 11.6 Å². The Bertz CT molecular complexity index is 555. The first-order valence-electron chi connectivity index (χ1n) is 6.05. The molecule has 0 aliphatic carbocycles. The second-order valence-electron chi connectivity index (χ2n) is 4.21. The Morgan fingerprint density at radius 2 is 1.68 bits per heavy atom. The van der Waals surface area contributed by atoms with Crippen molar-refractivity contribution in [2.75, 3.05) is 6.54 Å². The van der Waals surface area contributed by atoms with Crippen LogP contribution in [0.4, 0.5) is 8.78 Å². The van der Waals surface area contributed by atoms with Crippen LogP contribution in [0.3, 0.4) is 0 Å². The number of benzene rings is 2. The predicted molar refractivity (Wildman–Crippen MR) is 73.3 cm³/mol. The fourth-order valence-corrected chi connectivity index (χ4v) is 2.23. The SMILES string of the molecule is CCNC(c1ccc(F)cc1)c1cc(F)ccc1Cl. The van der Waals surface area contributed by atoms with Crippen molar-refractivity contribution in [3.05, 3.63) is 70.2 Å². The Morgan fingerprint density at radius 1 is 1.05 bits per heavy atom. The molecule has 2 aromatic carbocycles. The molecule has 19 heavy (non-hydrogen) atoms. The van der Waals surface area contributed by atoms with Crippen molar-refractivity contribution in [3.8, 4) is 0 Å². The van der Waals surface area contributed by atoms with Crippen molar-refractivity contribution in [2.45, 2.75) is 13.0 Å². The van der Waals surface area contributed by atoms with Crippen LogP contribution in [0.25, 0.3) is 0 Å². The van der Waals surface area contributed by atoms with Crippen LogP contribution >= 0.6 is 11.6 Å². The van der Waals surface area contributed by atoms with Crippen molar-refractivity contribution in [2.24, 2.45) is 0 Å². The van der Waals surface area contributed by atoms with Gasteiger partial charge in [-0.3, -0.25) is 0 Å². The second kappa shape index (κ2) is 6.13. The average molecular weight is 282 g/mol. The van der Waals surface area contributed by atoms with E-state index < -0.39 is 0 Å². The van der Waals surface area contributed by atoms with E-state index in [1.807, 2.05) is 6.92 Å². The Labute approximate surface area is 116 Å². The zero-order chi connectivity index (χ0) is 13.8. The smallest absolute Gasteiger partial charge is 0.123 e. The second-order valence-corrected chi connectivity index (χ2v) is 4.62. The van der Waals surface area contributed by atoms with E-state index in [-0.39, 0.29) is 17.7 Å². The molecule has 1 atom stereocenters. The summed E-state index contributed by atoms with van der Waals surface area (Å²) >= 11 is 6.13. The molecular formula is C15H14ClF2N. The van der Waals surface area contributed by atoms with E-state index in [4.69, 9.17) is 11.6 Å². The highest BCUT2D eigenvalue weighted by molar-refractivity contribution is 6.31. The summed E-state index contributed by atoms with van der Waals surface area (Å²) in [7, 11) is 0. The molecule has 1 nitrogen and oxygen atoms in total. The minimum absolute atomic E-state index is 0.256. The van der Waals surface area contributed by atoms with E-state index in [1.54, 1.807) is 12.1 Å². The van der Waals surface area contributed by atoms with Crippen molar-refractivity contribution in [3.63, 3.8) is 0 Å². The maximum atomic E-state index is 13.4. The topological polar surface area (TPSA) is 12.0 Å². The normalized spacial score (nSPS) is 12.4. The van der Waals surface area contributed by atoms with E-state index in [9.17, 15) is 8.78 Å². The van der Waals surface area contributed by atoms with Crippen LogP contribution in [0.15, 0.2) is 42.5 Å². The third kappa shape index (κ3) is 3.31. The first-order valence-corrected chi connectivity index (χ1v) is 6.43. The number of hydrogen-bond donors (Lipinski definition) is 1. The largest absolute Gasteiger partial charge is 0.306 e. The molecule has 0 saturated carbocycles. The summed E-state index contributed by atoms with van der Waals surface area (Å²) in [6.45, 7) is 2.64. The molecule has 0 aliphatic heterocycles. The minimum Gasteiger partial charge on any atom is -0.306 e. The summed E-state index contributed by atoms with van der Waals surface area (Å²) < 4.78 is 26.4. The molecule has 0 bridgehead atoms. The molecule has 0 heterocycles. The lowest BCUT2D eigenvalue weighted by atomic mass is 9.98. The lowest BCUT2D eigenvalue weighted by molar-refractivity contribution is 0.599. The third-order valence-corrected chi connectivity index (χ3v) is 3.22. The highest BCUT2D eigenvalue weighted by atomic mass is 35.5. The van der Waals surface area contributed by atoms with E-state index in [0.717, 1.165) is 5.56 Å². The molecule has 1 N–H and O–H groups in total. The van der Waals surface area contributed by atoms with Gasteiger partial charge >= 0.3 is 0 Å². The molecule has 1 unspecified atom stereocenters. The first-order chi connectivity index (χ1) is 9.11. The van der Waals surface area contributed by atoms with Gasteiger partial charge in [-0.15, -0.1) is 0 Å². The Balaban J connectivity index is 2.44. The minimum atomic E-state index is -0.343. The van der Waals surface area contributed by atoms with Crippen LogP contribution in [0.1, 0.15) is 24.1 Å². The molecule has 4 heteroatoms. The predicted octanol–water partition coefficient (Wildman–Crippen LogP) is 4.32. The van der Waals surface area contributed by atoms with Gasteiger partial charge in [-0.1, -0.05) is 30.7 Å². The third-order valence-electron chi connectivity index (χ3n) is 2.88.